The molecule has 0 bridgehead atoms. The lowest BCUT2D eigenvalue weighted by atomic mass is 11.6. The van der Waals surface area contributed by atoms with Crippen LogP contribution in [0.5, 0.6) is 0 Å². The Kier molecular flexibility index (Phi) is 21.4. The standard InChI is InChI=1S/CHF3S.3FH/c2-1(3,4)5;;;/h5H;3*1H. The molecule has 0 fully saturated rings. The number of alkyl halides is 3. The Morgan fingerprint density at radius 2 is 0.875 bits per heavy atom. The molecule has 0 heterocycles. The molecule has 0 aliphatic heterocycles. The first-order valence-corrected chi connectivity index (χ1v) is 1.24. The number of thiol groups is 1. The van der Waals surface area contributed by atoms with Gasteiger partial charge in [0.15, 0.2) is 0 Å². The van der Waals surface area contributed by atoms with E-state index in [1.807, 2.05) is 0 Å². The summed E-state index contributed by atoms with van der Waals surface area (Å²) in [7, 11) is 0. The van der Waals surface area contributed by atoms with Gasteiger partial charge in [-0.15, -0.1) is 0 Å². The topological polar surface area (TPSA) is 0 Å². The van der Waals surface area contributed by atoms with Crippen LogP contribution in [0.1, 0.15) is 0 Å². The summed E-state index contributed by atoms with van der Waals surface area (Å²) in [5.41, 5.74) is -4.31. The average Bonchev–Trinajstić information content (AvgIpc) is 0.722. The highest BCUT2D eigenvalue weighted by molar-refractivity contribution is 7.81. The lowest BCUT2D eigenvalue weighted by Gasteiger charge is -1.87. The first kappa shape index (κ1) is 24.7. The van der Waals surface area contributed by atoms with E-state index in [1.165, 1.54) is 0 Å². The highest BCUT2D eigenvalue weighted by Crippen LogP contribution is 2.17. The smallest absolute Gasteiger partial charge is 0.269 e. The van der Waals surface area contributed by atoms with Crippen LogP contribution in [0.15, 0.2) is 0 Å². The van der Waals surface area contributed by atoms with E-state index in [9.17, 15) is 13.2 Å². The van der Waals surface area contributed by atoms with Gasteiger partial charge in [0.2, 0.25) is 0 Å². The van der Waals surface area contributed by atoms with Crippen molar-refractivity contribution >= 4 is 12.6 Å². The van der Waals surface area contributed by atoms with Gasteiger partial charge in [0, 0.05) is 0 Å². The summed E-state index contributed by atoms with van der Waals surface area (Å²) in [5.74, 6) is 0. The van der Waals surface area contributed by atoms with Crippen LogP contribution in [-0.4, -0.2) is 5.51 Å². The Morgan fingerprint density at radius 1 is 0.875 bits per heavy atom. The second kappa shape index (κ2) is 6.93. The minimum Gasteiger partial charge on any atom is -0.269 e. The van der Waals surface area contributed by atoms with Gasteiger partial charge >= 0.3 is 5.51 Å². The lowest BCUT2D eigenvalue weighted by molar-refractivity contribution is -0.0303. The van der Waals surface area contributed by atoms with Crippen molar-refractivity contribution in [2.75, 3.05) is 0 Å². The van der Waals surface area contributed by atoms with E-state index in [-0.39, 0.29) is 14.1 Å². The van der Waals surface area contributed by atoms with Crippen LogP contribution in [0.4, 0.5) is 27.3 Å². The first-order valence-electron chi connectivity index (χ1n) is 0.791. The van der Waals surface area contributed by atoms with Crippen LogP contribution in [0, 0.1) is 0 Å². The fourth-order valence-electron chi connectivity index (χ4n) is 0. The highest BCUT2D eigenvalue weighted by Gasteiger charge is 2.17. The first-order chi connectivity index (χ1) is 2.00. The molecule has 0 N–H and O–H groups in total. The van der Waals surface area contributed by atoms with Crippen LogP contribution in [0.25, 0.3) is 0 Å². The van der Waals surface area contributed by atoms with Gasteiger partial charge in [0.1, 0.15) is 0 Å². The molecular weight excluding hydrogens is 158 g/mol. The van der Waals surface area contributed by atoms with Gasteiger partial charge in [0.25, 0.3) is 0 Å². The summed E-state index contributed by atoms with van der Waals surface area (Å²) >= 11 is 2.12. The molecule has 0 saturated carbocycles. The molecule has 0 amide bonds. The number of rotatable bonds is 0. The number of hydrogen-bond donors (Lipinski definition) is 1. The zero-order chi connectivity index (χ0) is 4.50. The Morgan fingerprint density at radius 3 is 0.875 bits per heavy atom. The number of halogens is 6. The molecule has 0 radical (unpaired) electrons. The third-order valence-electron chi connectivity index (χ3n) is 0. The van der Waals surface area contributed by atoms with Crippen LogP contribution >= 0.6 is 12.6 Å². The van der Waals surface area contributed by atoms with Crippen LogP contribution < -0.4 is 0 Å². The molecule has 8 heavy (non-hydrogen) atoms. The Balaban J connectivity index is -0.0000000267. The van der Waals surface area contributed by atoms with Crippen LogP contribution in [0.3, 0.4) is 0 Å². The summed E-state index contributed by atoms with van der Waals surface area (Å²) in [6.07, 6.45) is 0. The van der Waals surface area contributed by atoms with Gasteiger partial charge in [0.05, 0.1) is 0 Å². The van der Waals surface area contributed by atoms with Crippen LogP contribution in [-0.2, 0) is 0 Å². The van der Waals surface area contributed by atoms with Crippen molar-refractivity contribution in [3.8, 4) is 0 Å². The summed E-state index contributed by atoms with van der Waals surface area (Å²) in [6.45, 7) is 0. The largest absolute Gasteiger partial charge is 0.438 e. The minimum atomic E-state index is -4.31. The SMILES string of the molecule is F.F.F.FC(F)(F)S. The Hall–Kier alpha value is -0.0700. The predicted octanol–water partition coefficient (Wildman–Crippen LogP) is 1.89. The maximum absolute atomic E-state index is 10.2. The fraction of sp³-hybridized carbons (Fsp3) is 1.00. The van der Waals surface area contributed by atoms with Crippen molar-refractivity contribution in [1.29, 1.82) is 0 Å². The van der Waals surface area contributed by atoms with Crippen LogP contribution in [0.2, 0.25) is 0 Å². The monoisotopic (exact) mass is 162 g/mol. The maximum atomic E-state index is 10.2. The Labute approximate surface area is 46.6 Å². The molecule has 0 aromatic carbocycles. The van der Waals surface area contributed by atoms with Gasteiger partial charge in [-0.1, -0.05) is 12.6 Å². The zero-order valence-electron chi connectivity index (χ0n) is 3.31. The van der Waals surface area contributed by atoms with E-state index < -0.39 is 5.51 Å². The van der Waals surface area contributed by atoms with Crippen molar-refractivity contribution < 1.29 is 27.3 Å². The van der Waals surface area contributed by atoms with Gasteiger partial charge in [-0.3, -0.25) is 14.1 Å². The van der Waals surface area contributed by atoms with E-state index in [4.69, 9.17) is 0 Å². The van der Waals surface area contributed by atoms with Crippen molar-refractivity contribution in [1.82, 2.24) is 0 Å². The van der Waals surface area contributed by atoms with Crippen molar-refractivity contribution in [3.05, 3.63) is 0 Å². The lowest BCUT2D eigenvalue weighted by Crippen LogP contribution is -1.89. The predicted molar refractivity (Wildman–Crippen MR) is 22.6 cm³/mol. The molecule has 0 saturated heterocycles. The molecule has 0 atom stereocenters. The van der Waals surface area contributed by atoms with Gasteiger partial charge in [-0.05, 0) is 0 Å². The van der Waals surface area contributed by atoms with E-state index in [0.29, 0.717) is 0 Å². The maximum Gasteiger partial charge on any atom is 0.438 e. The van der Waals surface area contributed by atoms with Gasteiger partial charge < -0.3 is 0 Å². The molecule has 0 aromatic rings. The molecule has 56 valence electrons. The van der Waals surface area contributed by atoms with E-state index in [2.05, 4.69) is 12.6 Å². The fourth-order valence-corrected chi connectivity index (χ4v) is 0. The molecular formula is CH4F6S. The second-order valence-corrected chi connectivity index (χ2v) is 0.975. The quantitative estimate of drug-likeness (QED) is 0.408. The molecule has 0 spiro atoms. The molecule has 7 heteroatoms. The highest BCUT2D eigenvalue weighted by atomic mass is 32.1. The third-order valence-corrected chi connectivity index (χ3v) is 0. The summed E-state index contributed by atoms with van der Waals surface area (Å²) in [6, 6.07) is 0. The van der Waals surface area contributed by atoms with E-state index in [1.54, 1.807) is 0 Å². The molecule has 0 aromatic heterocycles. The van der Waals surface area contributed by atoms with E-state index >= 15 is 0 Å². The zero-order valence-corrected chi connectivity index (χ0v) is 4.20. The second-order valence-electron chi connectivity index (χ2n) is 0.468. The van der Waals surface area contributed by atoms with E-state index in [0.717, 1.165) is 0 Å². The molecule has 0 rings (SSSR count). The molecule has 0 aliphatic rings. The van der Waals surface area contributed by atoms with Gasteiger partial charge in [-0.25, -0.2) is 0 Å². The molecule has 0 unspecified atom stereocenters. The van der Waals surface area contributed by atoms with Crippen molar-refractivity contribution in [3.63, 3.8) is 0 Å². The summed E-state index contributed by atoms with van der Waals surface area (Å²) in [5, 5.41) is 0. The third kappa shape index (κ3) is 29400. The number of hydrogen-bond acceptors (Lipinski definition) is 1. The van der Waals surface area contributed by atoms with Crippen molar-refractivity contribution in [2.45, 2.75) is 5.51 Å². The molecule has 0 aliphatic carbocycles. The average molecular weight is 162 g/mol. The summed E-state index contributed by atoms with van der Waals surface area (Å²) < 4.78 is 30.7. The summed E-state index contributed by atoms with van der Waals surface area (Å²) in [4.78, 5) is 0. The Bertz CT molecular complexity index is 24.0. The van der Waals surface area contributed by atoms with Gasteiger partial charge in [-0.2, -0.15) is 13.2 Å². The molecule has 0 nitrogen and oxygen atoms in total. The van der Waals surface area contributed by atoms with Crippen molar-refractivity contribution in [2.24, 2.45) is 0 Å². The normalized spacial score (nSPS) is 7.50. The minimum absolute atomic E-state index is 0.